The SMILES string of the molecule is CC1(C)OB(c2ccc(NS(=O)(=O)C(F)F)c(OCc3ncco3)c2)OC1(C)C. The number of alkyl halides is 2. The Hall–Kier alpha value is -2.18. The first-order chi connectivity index (χ1) is 13.4. The van der Waals surface area contributed by atoms with Crippen molar-refractivity contribution < 1.29 is 35.7 Å². The lowest BCUT2D eigenvalue weighted by Gasteiger charge is -2.32. The number of ether oxygens (including phenoxy) is 1. The topological polar surface area (TPSA) is 99.9 Å². The van der Waals surface area contributed by atoms with Crippen molar-refractivity contribution in [2.45, 2.75) is 51.3 Å². The van der Waals surface area contributed by atoms with E-state index in [9.17, 15) is 17.2 Å². The van der Waals surface area contributed by atoms with E-state index in [0.717, 1.165) is 0 Å². The van der Waals surface area contributed by atoms with E-state index in [-0.39, 0.29) is 23.9 Å². The van der Waals surface area contributed by atoms with Gasteiger partial charge in [-0.3, -0.25) is 4.72 Å². The number of benzene rings is 1. The summed E-state index contributed by atoms with van der Waals surface area (Å²) in [5.41, 5.74) is -0.803. The van der Waals surface area contributed by atoms with E-state index in [4.69, 9.17) is 18.5 Å². The summed E-state index contributed by atoms with van der Waals surface area (Å²) in [6.07, 6.45) is 2.76. The summed E-state index contributed by atoms with van der Waals surface area (Å²) in [5, 5.41) is 0. The summed E-state index contributed by atoms with van der Waals surface area (Å²) in [6.45, 7) is 7.41. The standard InChI is InChI=1S/C17H21BF2N2O6S/c1-16(2)17(3,4)28-18(27-16)11-5-6-12(22-29(23,24)15(19)20)13(9-11)26-10-14-21-7-8-25-14/h5-9,15,22H,10H2,1-4H3. The van der Waals surface area contributed by atoms with Crippen LogP contribution < -0.4 is 14.9 Å². The molecule has 0 saturated carbocycles. The Bertz CT molecular complexity index is 950. The normalized spacial score (nSPS) is 18.2. The molecule has 2 heterocycles. The van der Waals surface area contributed by atoms with Gasteiger partial charge in [0.1, 0.15) is 12.0 Å². The highest BCUT2D eigenvalue weighted by molar-refractivity contribution is 7.93. The molecule has 1 aromatic carbocycles. The van der Waals surface area contributed by atoms with Crippen molar-refractivity contribution in [3.63, 3.8) is 0 Å². The number of oxazole rings is 1. The van der Waals surface area contributed by atoms with E-state index in [2.05, 4.69) is 4.98 Å². The van der Waals surface area contributed by atoms with Gasteiger partial charge in [0.25, 0.3) is 10.0 Å². The van der Waals surface area contributed by atoms with Crippen LogP contribution in [0.15, 0.2) is 35.1 Å². The fraction of sp³-hybridized carbons (Fsp3) is 0.471. The third-order valence-corrected chi connectivity index (χ3v) is 5.83. The first-order valence-corrected chi connectivity index (χ1v) is 10.3. The zero-order chi connectivity index (χ0) is 21.4. The van der Waals surface area contributed by atoms with Gasteiger partial charge in [0.15, 0.2) is 6.61 Å². The van der Waals surface area contributed by atoms with E-state index < -0.39 is 34.1 Å². The fourth-order valence-corrected chi connectivity index (χ4v) is 3.09. The molecule has 1 N–H and O–H groups in total. The molecule has 0 amide bonds. The number of nitrogens with zero attached hydrogens (tertiary/aromatic N) is 1. The van der Waals surface area contributed by atoms with Crippen LogP contribution in [0.3, 0.4) is 0 Å². The molecule has 0 aliphatic carbocycles. The number of halogens is 2. The molecule has 158 valence electrons. The summed E-state index contributed by atoms with van der Waals surface area (Å²) in [7, 11) is -5.63. The third-order valence-electron chi connectivity index (χ3n) is 4.85. The molecule has 0 spiro atoms. The third kappa shape index (κ3) is 4.54. The Balaban J connectivity index is 1.91. The molecule has 1 aliphatic rings. The average Bonchev–Trinajstić information content (AvgIpc) is 3.19. The first kappa shape index (κ1) is 21.5. The van der Waals surface area contributed by atoms with Crippen LogP contribution in [0.5, 0.6) is 5.75 Å². The second-order valence-electron chi connectivity index (χ2n) is 7.47. The number of hydrogen-bond donors (Lipinski definition) is 1. The Kier molecular flexibility index (Phi) is 5.63. The maximum absolute atomic E-state index is 12.8. The second-order valence-corrected chi connectivity index (χ2v) is 9.12. The van der Waals surface area contributed by atoms with Crippen LogP contribution in [0.2, 0.25) is 0 Å². The van der Waals surface area contributed by atoms with Gasteiger partial charge in [-0.25, -0.2) is 13.4 Å². The van der Waals surface area contributed by atoms with Crippen LogP contribution in [0.4, 0.5) is 14.5 Å². The number of sulfonamides is 1. The van der Waals surface area contributed by atoms with Gasteiger partial charge in [0, 0.05) is 0 Å². The highest BCUT2D eigenvalue weighted by Crippen LogP contribution is 2.37. The lowest BCUT2D eigenvalue weighted by molar-refractivity contribution is 0.00578. The highest BCUT2D eigenvalue weighted by atomic mass is 32.2. The molecule has 1 aromatic heterocycles. The van der Waals surface area contributed by atoms with Crippen molar-refractivity contribution in [2.24, 2.45) is 0 Å². The zero-order valence-electron chi connectivity index (χ0n) is 16.3. The van der Waals surface area contributed by atoms with Crippen LogP contribution in [-0.2, 0) is 25.9 Å². The molecule has 0 bridgehead atoms. The molecule has 3 rings (SSSR count). The summed E-state index contributed by atoms with van der Waals surface area (Å²) in [4.78, 5) is 3.90. The Morgan fingerprint density at radius 1 is 1.21 bits per heavy atom. The predicted molar refractivity (Wildman–Crippen MR) is 102 cm³/mol. The molecule has 29 heavy (non-hydrogen) atoms. The lowest BCUT2D eigenvalue weighted by atomic mass is 9.79. The largest absolute Gasteiger partial charge is 0.494 e. The number of anilines is 1. The molecule has 1 fully saturated rings. The Morgan fingerprint density at radius 3 is 2.41 bits per heavy atom. The maximum atomic E-state index is 12.8. The highest BCUT2D eigenvalue weighted by Gasteiger charge is 2.51. The van der Waals surface area contributed by atoms with Crippen LogP contribution in [0.25, 0.3) is 0 Å². The van der Waals surface area contributed by atoms with Crippen molar-refractivity contribution in [2.75, 3.05) is 4.72 Å². The summed E-state index contributed by atoms with van der Waals surface area (Å²) in [5.74, 6) is -3.36. The van der Waals surface area contributed by atoms with Gasteiger partial charge in [0.2, 0.25) is 5.89 Å². The van der Waals surface area contributed by atoms with Gasteiger partial charge in [-0.15, -0.1) is 0 Å². The minimum atomic E-state index is -4.88. The maximum Gasteiger partial charge on any atom is 0.494 e. The number of rotatable bonds is 7. The fourth-order valence-electron chi connectivity index (χ4n) is 2.53. The van der Waals surface area contributed by atoms with Crippen LogP contribution in [0, 0.1) is 0 Å². The van der Waals surface area contributed by atoms with E-state index in [1.165, 1.54) is 30.7 Å². The van der Waals surface area contributed by atoms with Gasteiger partial charge in [0.05, 0.1) is 23.1 Å². The minimum absolute atomic E-state index is 0.000336. The number of nitrogens with one attached hydrogen (secondary N) is 1. The van der Waals surface area contributed by atoms with Crippen molar-refractivity contribution in [3.8, 4) is 5.75 Å². The summed E-state index contributed by atoms with van der Waals surface area (Å²) >= 11 is 0. The number of hydrogen-bond acceptors (Lipinski definition) is 7. The van der Waals surface area contributed by atoms with Gasteiger partial charge >= 0.3 is 12.9 Å². The van der Waals surface area contributed by atoms with Crippen molar-refractivity contribution >= 4 is 28.3 Å². The molecular weight excluding hydrogens is 409 g/mol. The van der Waals surface area contributed by atoms with Crippen molar-refractivity contribution in [1.29, 1.82) is 0 Å². The predicted octanol–water partition coefficient (Wildman–Crippen LogP) is 2.52. The van der Waals surface area contributed by atoms with Gasteiger partial charge in [-0.1, -0.05) is 6.07 Å². The average molecular weight is 430 g/mol. The van der Waals surface area contributed by atoms with Gasteiger partial charge in [-0.05, 0) is 45.3 Å². The van der Waals surface area contributed by atoms with E-state index >= 15 is 0 Å². The molecule has 12 heteroatoms. The molecule has 1 saturated heterocycles. The van der Waals surface area contributed by atoms with E-state index in [0.29, 0.717) is 5.46 Å². The smallest absolute Gasteiger partial charge is 0.482 e. The molecule has 0 radical (unpaired) electrons. The zero-order valence-corrected chi connectivity index (χ0v) is 17.1. The van der Waals surface area contributed by atoms with Gasteiger partial charge < -0.3 is 18.5 Å². The summed E-state index contributed by atoms with van der Waals surface area (Å²) in [6, 6.07) is 4.29. The molecule has 0 unspecified atom stereocenters. The molecular formula is C17H21BF2N2O6S. The monoisotopic (exact) mass is 430 g/mol. The molecule has 8 nitrogen and oxygen atoms in total. The summed E-state index contributed by atoms with van der Waals surface area (Å²) < 4.78 is 73.2. The Morgan fingerprint density at radius 2 is 1.86 bits per heavy atom. The molecule has 1 aliphatic heterocycles. The number of aromatic nitrogens is 1. The Labute approximate surface area is 167 Å². The molecule has 0 atom stereocenters. The van der Waals surface area contributed by atoms with Crippen molar-refractivity contribution in [3.05, 3.63) is 36.5 Å². The van der Waals surface area contributed by atoms with Gasteiger partial charge in [-0.2, -0.15) is 8.78 Å². The second kappa shape index (κ2) is 7.58. The quantitative estimate of drug-likeness (QED) is 0.674. The minimum Gasteiger partial charge on any atom is -0.482 e. The van der Waals surface area contributed by atoms with Crippen LogP contribution >= 0.6 is 0 Å². The van der Waals surface area contributed by atoms with E-state index in [1.54, 1.807) is 0 Å². The lowest BCUT2D eigenvalue weighted by Crippen LogP contribution is -2.41. The molecule has 2 aromatic rings. The van der Waals surface area contributed by atoms with Crippen molar-refractivity contribution in [1.82, 2.24) is 4.98 Å². The first-order valence-electron chi connectivity index (χ1n) is 8.72. The van der Waals surface area contributed by atoms with Crippen LogP contribution in [0.1, 0.15) is 33.6 Å². The van der Waals surface area contributed by atoms with E-state index in [1.807, 2.05) is 32.4 Å². The van der Waals surface area contributed by atoms with Crippen LogP contribution in [-0.4, -0.2) is 37.5 Å².